The Kier molecular flexibility index (Phi) is 4.50. The topological polar surface area (TPSA) is 60.2 Å². The van der Waals surface area contributed by atoms with Crippen molar-refractivity contribution in [1.29, 1.82) is 0 Å². The summed E-state index contributed by atoms with van der Waals surface area (Å²) in [6.07, 6.45) is 4.55. The number of ether oxygens (including phenoxy) is 1. The van der Waals surface area contributed by atoms with Crippen LogP contribution in [0.15, 0.2) is 4.52 Å². The van der Waals surface area contributed by atoms with E-state index in [1.165, 1.54) is 0 Å². The molecule has 17 heavy (non-hydrogen) atoms. The molecule has 5 heteroatoms. The minimum absolute atomic E-state index is 0.327. The maximum absolute atomic E-state index is 5.62. The normalized spacial score (nSPS) is 21.9. The van der Waals surface area contributed by atoms with Crippen LogP contribution in [0.4, 0.5) is 0 Å². The summed E-state index contributed by atoms with van der Waals surface area (Å²) >= 11 is 0. The maximum atomic E-state index is 5.62. The summed E-state index contributed by atoms with van der Waals surface area (Å²) in [5.41, 5.74) is 0. The van der Waals surface area contributed by atoms with E-state index in [2.05, 4.69) is 29.3 Å². The summed E-state index contributed by atoms with van der Waals surface area (Å²) in [6, 6.07) is 0.332. The molecule has 1 fully saturated rings. The zero-order valence-electron chi connectivity index (χ0n) is 10.6. The number of aryl methyl sites for hydroxylation is 1. The molecule has 1 aliphatic heterocycles. The number of rotatable bonds is 6. The molecule has 2 atom stereocenters. The molecular formula is C12H21N3O2. The molecule has 0 unspecified atom stereocenters. The van der Waals surface area contributed by atoms with Crippen molar-refractivity contribution in [3.63, 3.8) is 0 Å². The van der Waals surface area contributed by atoms with Gasteiger partial charge in [0.05, 0.1) is 12.6 Å². The largest absolute Gasteiger partial charge is 0.377 e. The van der Waals surface area contributed by atoms with Gasteiger partial charge in [-0.2, -0.15) is 4.98 Å². The molecule has 96 valence electrons. The maximum Gasteiger partial charge on any atom is 0.240 e. The first-order valence-corrected chi connectivity index (χ1v) is 6.46. The third-order valence-electron chi connectivity index (χ3n) is 3.08. The van der Waals surface area contributed by atoms with E-state index in [1.807, 2.05) is 0 Å². The second-order valence-electron chi connectivity index (χ2n) is 4.58. The fraction of sp³-hybridized carbons (Fsp3) is 0.833. The second-order valence-corrected chi connectivity index (χ2v) is 4.58. The van der Waals surface area contributed by atoms with Gasteiger partial charge in [0.25, 0.3) is 0 Å². The summed E-state index contributed by atoms with van der Waals surface area (Å²) < 4.78 is 10.8. The van der Waals surface area contributed by atoms with Crippen LogP contribution in [0.5, 0.6) is 0 Å². The van der Waals surface area contributed by atoms with Crippen molar-refractivity contribution in [2.24, 2.45) is 0 Å². The van der Waals surface area contributed by atoms with Crippen molar-refractivity contribution in [3.05, 3.63) is 11.7 Å². The van der Waals surface area contributed by atoms with E-state index < -0.39 is 0 Å². The van der Waals surface area contributed by atoms with Crippen molar-refractivity contribution in [1.82, 2.24) is 15.5 Å². The highest BCUT2D eigenvalue weighted by Crippen LogP contribution is 2.15. The van der Waals surface area contributed by atoms with Crippen LogP contribution in [0.3, 0.4) is 0 Å². The Morgan fingerprint density at radius 3 is 3.12 bits per heavy atom. The summed E-state index contributed by atoms with van der Waals surface area (Å²) in [5, 5.41) is 7.30. The Labute approximate surface area is 102 Å². The van der Waals surface area contributed by atoms with Gasteiger partial charge in [-0.1, -0.05) is 12.1 Å². The van der Waals surface area contributed by atoms with Crippen LogP contribution >= 0.6 is 0 Å². The van der Waals surface area contributed by atoms with E-state index in [-0.39, 0.29) is 0 Å². The molecule has 1 aromatic rings. The molecule has 0 radical (unpaired) electrons. The molecule has 2 rings (SSSR count). The third-order valence-corrected chi connectivity index (χ3v) is 3.08. The minimum Gasteiger partial charge on any atom is -0.377 e. The van der Waals surface area contributed by atoms with Crippen LogP contribution < -0.4 is 5.32 Å². The Balaban J connectivity index is 1.76. The van der Waals surface area contributed by atoms with Crippen molar-refractivity contribution in [3.8, 4) is 0 Å². The molecule has 1 saturated heterocycles. The van der Waals surface area contributed by atoms with Gasteiger partial charge in [-0.15, -0.1) is 0 Å². The molecule has 0 spiro atoms. The molecule has 1 N–H and O–H groups in total. The van der Waals surface area contributed by atoms with Crippen LogP contribution in [0.25, 0.3) is 0 Å². The fourth-order valence-electron chi connectivity index (χ4n) is 2.06. The molecule has 0 bridgehead atoms. The standard InChI is InChI=1S/C12H21N3O2/c1-3-5-11-14-12(17-15-11)8-13-9(2)10-6-4-7-16-10/h9-10,13H,3-8H2,1-2H3/t9-,10-/m1/s1. The van der Waals surface area contributed by atoms with Gasteiger partial charge < -0.3 is 14.6 Å². The van der Waals surface area contributed by atoms with E-state index >= 15 is 0 Å². The van der Waals surface area contributed by atoms with Gasteiger partial charge in [0, 0.05) is 19.1 Å². The number of hydrogen-bond donors (Lipinski definition) is 1. The molecule has 0 aromatic carbocycles. The van der Waals surface area contributed by atoms with Gasteiger partial charge in [0.1, 0.15) is 0 Å². The molecule has 1 aromatic heterocycles. The first kappa shape index (κ1) is 12.5. The molecule has 2 heterocycles. The van der Waals surface area contributed by atoms with Crippen LogP contribution in [0.1, 0.15) is 44.8 Å². The van der Waals surface area contributed by atoms with E-state index in [4.69, 9.17) is 9.26 Å². The first-order chi connectivity index (χ1) is 8.29. The molecule has 0 saturated carbocycles. The lowest BCUT2D eigenvalue weighted by Crippen LogP contribution is -2.36. The van der Waals surface area contributed by atoms with Crippen molar-refractivity contribution in [2.75, 3.05) is 6.61 Å². The number of aromatic nitrogens is 2. The van der Waals surface area contributed by atoms with Crippen molar-refractivity contribution in [2.45, 2.75) is 58.2 Å². The second kappa shape index (κ2) is 6.12. The van der Waals surface area contributed by atoms with Gasteiger partial charge in [-0.05, 0) is 26.2 Å². The highest BCUT2D eigenvalue weighted by atomic mass is 16.5. The van der Waals surface area contributed by atoms with Crippen molar-refractivity contribution >= 4 is 0 Å². The predicted molar refractivity (Wildman–Crippen MR) is 63.6 cm³/mol. The lowest BCUT2D eigenvalue weighted by molar-refractivity contribution is 0.0822. The Hall–Kier alpha value is -0.940. The summed E-state index contributed by atoms with van der Waals surface area (Å²) in [4.78, 5) is 4.32. The zero-order valence-corrected chi connectivity index (χ0v) is 10.6. The average molecular weight is 239 g/mol. The molecule has 0 amide bonds. The summed E-state index contributed by atoms with van der Waals surface area (Å²) in [7, 11) is 0. The van der Waals surface area contributed by atoms with Crippen LogP contribution in [-0.2, 0) is 17.7 Å². The van der Waals surface area contributed by atoms with E-state index in [0.29, 0.717) is 24.6 Å². The van der Waals surface area contributed by atoms with E-state index in [1.54, 1.807) is 0 Å². The smallest absolute Gasteiger partial charge is 0.240 e. The number of hydrogen-bond acceptors (Lipinski definition) is 5. The van der Waals surface area contributed by atoms with Gasteiger partial charge in [0.15, 0.2) is 5.82 Å². The summed E-state index contributed by atoms with van der Waals surface area (Å²) in [5.74, 6) is 1.47. The highest BCUT2D eigenvalue weighted by Gasteiger charge is 2.22. The lowest BCUT2D eigenvalue weighted by Gasteiger charge is -2.18. The van der Waals surface area contributed by atoms with Gasteiger partial charge in [0.2, 0.25) is 5.89 Å². The van der Waals surface area contributed by atoms with Crippen LogP contribution in [0.2, 0.25) is 0 Å². The van der Waals surface area contributed by atoms with Crippen molar-refractivity contribution < 1.29 is 9.26 Å². The SMILES string of the molecule is CCCc1noc(CN[C@H](C)[C@H]2CCCO2)n1. The van der Waals surface area contributed by atoms with Crippen LogP contribution in [0, 0.1) is 0 Å². The Bertz CT molecular complexity index is 334. The predicted octanol–water partition coefficient (Wildman–Crippen LogP) is 1.68. The fourth-order valence-corrected chi connectivity index (χ4v) is 2.06. The van der Waals surface area contributed by atoms with Gasteiger partial charge in [-0.3, -0.25) is 0 Å². The molecule has 0 aliphatic carbocycles. The molecule has 5 nitrogen and oxygen atoms in total. The minimum atomic E-state index is 0.327. The lowest BCUT2D eigenvalue weighted by atomic mass is 10.1. The van der Waals surface area contributed by atoms with Gasteiger partial charge >= 0.3 is 0 Å². The van der Waals surface area contributed by atoms with E-state index in [0.717, 1.165) is 38.1 Å². The Morgan fingerprint density at radius 1 is 1.53 bits per heavy atom. The first-order valence-electron chi connectivity index (χ1n) is 6.46. The third kappa shape index (κ3) is 3.51. The van der Waals surface area contributed by atoms with E-state index in [9.17, 15) is 0 Å². The number of nitrogens with one attached hydrogen (secondary N) is 1. The number of nitrogens with zero attached hydrogens (tertiary/aromatic N) is 2. The molecule has 1 aliphatic rings. The summed E-state index contributed by atoms with van der Waals surface area (Å²) in [6.45, 7) is 5.75. The Morgan fingerprint density at radius 2 is 2.41 bits per heavy atom. The van der Waals surface area contributed by atoms with Gasteiger partial charge in [-0.25, -0.2) is 0 Å². The average Bonchev–Trinajstić information content (AvgIpc) is 2.97. The molecular weight excluding hydrogens is 218 g/mol. The zero-order chi connectivity index (χ0) is 12.1. The van der Waals surface area contributed by atoms with Crippen LogP contribution in [-0.4, -0.2) is 28.9 Å². The monoisotopic (exact) mass is 239 g/mol. The highest BCUT2D eigenvalue weighted by molar-refractivity contribution is 4.87. The quantitative estimate of drug-likeness (QED) is 0.818.